The smallest absolute Gasteiger partial charge is 0.358 e. The van der Waals surface area contributed by atoms with Gasteiger partial charge in [0.25, 0.3) is 0 Å². The first-order chi connectivity index (χ1) is 19.1. The Morgan fingerprint density at radius 3 is 1.74 bits per heavy atom. The zero-order valence-corrected chi connectivity index (χ0v) is 21.4. The van der Waals surface area contributed by atoms with Gasteiger partial charge in [-0.25, -0.2) is 0 Å². The zero-order valence-electron chi connectivity index (χ0n) is 21.4. The molecule has 2 heterocycles. The predicted octanol–water partition coefficient (Wildman–Crippen LogP) is 5.81. The van der Waals surface area contributed by atoms with Gasteiger partial charge in [-0.1, -0.05) is 97.1 Å². The third-order valence-corrected chi connectivity index (χ3v) is 7.45. The number of fused-ring (bicyclic) bond motifs is 1. The number of piperazine rings is 1. The van der Waals surface area contributed by atoms with Crippen LogP contribution >= 0.6 is 0 Å². The van der Waals surface area contributed by atoms with Crippen LogP contribution in [0.25, 0.3) is 16.6 Å². The van der Waals surface area contributed by atoms with Crippen molar-refractivity contribution in [1.29, 1.82) is 0 Å². The molecule has 1 fully saturated rings. The molecule has 0 radical (unpaired) electrons. The van der Waals surface area contributed by atoms with E-state index in [0.717, 1.165) is 0 Å². The number of rotatable bonds is 6. The van der Waals surface area contributed by atoms with E-state index in [1.807, 2.05) is 59.5 Å². The summed E-state index contributed by atoms with van der Waals surface area (Å²) >= 11 is 0. The molecule has 1 aliphatic heterocycles. The molecule has 4 aromatic carbocycles. The second-order valence-electron chi connectivity index (χ2n) is 9.69. The fraction of sp³-hybridized carbons (Fsp3) is 0.156. The number of pyridine rings is 1. The summed E-state index contributed by atoms with van der Waals surface area (Å²) in [7, 11) is 0. The maximum Gasteiger partial charge on any atom is 0.358 e. The largest absolute Gasteiger partial charge is 0.363 e. The van der Waals surface area contributed by atoms with Gasteiger partial charge in [0.15, 0.2) is 0 Å². The van der Waals surface area contributed by atoms with Crippen LogP contribution in [0.15, 0.2) is 120 Å². The predicted molar refractivity (Wildman–Crippen MR) is 155 cm³/mol. The minimum atomic E-state index is -0.617. The Morgan fingerprint density at radius 2 is 1.18 bits per heavy atom. The molecule has 0 bridgehead atoms. The summed E-state index contributed by atoms with van der Waals surface area (Å²) in [5.41, 5.74) is 3.08. The number of para-hydroxylation sites is 2. The Morgan fingerprint density at radius 1 is 0.667 bits per heavy atom. The van der Waals surface area contributed by atoms with Gasteiger partial charge in [-0.2, -0.15) is 0 Å². The fourth-order valence-electron chi connectivity index (χ4n) is 5.72. The first-order valence-electron chi connectivity index (χ1n) is 13.1. The maximum absolute atomic E-state index is 13.7. The Bertz CT molecular complexity index is 1620. The van der Waals surface area contributed by atoms with Crippen LogP contribution < -0.4 is 10.5 Å². The number of hydrogen-bond acceptors (Lipinski definition) is 5. The number of nitrogens with zero attached hydrogens (tertiary/aromatic N) is 4. The van der Waals surface area contributed by atoms with E-state index in [1.165, 1.54) is 15.7 Å². The van der Waals surface area contributed by atoms with E-state index in [1.54, 1.807) is 12.1 Å². The van der Waals surface area contributed by atoms with E-state index in [0.29, 0.717) is 48.5 Å². The molecule has 1 saturated heterocycles. The van der Waals surface area contributed by atoms with Gasteiger partial charge in [-0.3, -0.25) is 24.4 Å². The highest BCUT2D eigenvalue weighted by atomic mass is 16.6. The van der Waals surface area contributed by atoms with Crippen LogP contribution in [0.5, 0.6) is 0 Å². The number of nitro groups is 1. The summed E-state index contributed by atoms with van der Waals surface area (Å²) in [6.07, 6.45) is 0. The van der Waals surface area contributed by atoms with E-state index in [-0.39, 0.29) is 11.7 Å². The van der Waals surface area contributed by atoms with Gasteiger partial charge >= 0.3 is 11.2 Å². The van der Waals surface area contributed by atoms with E-state index in [2.05, 4.69) is 53.4 Å². The zero-order chi connectivity index (χ0) is 26.8. The van der Waals surface area contributed by atoms with Crippen LogP contribution in [-0.4, -0.2) is 40.6 Å². The lowest BCUT2D eigenvalue weighted by Crippen LogP contribution is -2.48. The quantitative estimate of drug-likeness (QED) is 0.210. The van der Waals surface area contributed by atoms with Gasteiger partial charge < -0.3 is 4.90 Å². The number of hydrogen-bond donors (Lipinski definition) is 0. The normalized spacial score (nSPS) is 14.1. The maximum atomic E-state index is 13.7. The highest BCUT2D eigenvalue weighted by Crippen LogP contribution is 2.37. The van der Waals surface area contributed by atoms with Crippen molar-refractivity contribution >= 4 is 22.3 Å². The third-order valence-electron chi connectivity index (χ3n) is 7.45. The van der Waals surface area contributed by atoms with Crippen molar-refractivity contribution in [3.8, 4) is 5.69 Å². The van der Waals surface area contributed by atoms with Crippen LogP contribution in [0.2, 0.25) is 0 Å². The third kappa shape index (κ3) is 4.57. The van der Waals surface area contributed by atoms with E-state index in [9.17, 15) is 14.9 Å². The van der Waals surface area contributed by atoms with Crippen molar-refractivity contribution < 1.29 is 4.92 Å². The molecule has 1 aliphatic rings. The van der Waals surface area contributed by atoms with Crippen molar-refractivity contribution in [1.82, 2.24) is 9.47 Å². The average Bonchev–Trinajstić information content (AvgIpc) is 2.98. The van der Waals surface area contributed by atoms with Crippen molar-refractivity contribution in [3.05, 3.63) is 147 Å². The van der Waals surface area contributed by atoms with E-state index >= 15 is 0 Å². The fourth-order valence-corrected chi connectivity index (χ4v) is 5.72. The number of aromatic nitrogens is 1. The van der Waals surface area contributed by atoms with Gasteiger partial charge in [0.2, 0.25) is 0 Å². The van der Waals surface area contributed by atoms with Crippen molar-refractivity contribution in [3.63, 3.8) is 0 Å². The Kier molecular flexibility index (Phi) is 6.65. The average molecular weight is 517 g/mol. The van der Waals surface area contributed by atoms with Crippen LogP contribution in [0.1, 0.15) is 17.2 Å². The first kappa shape index (κ1) is 24.6. The van der Waals surface area contributed by atoms with Gasteiger partial charge in [0.05, 0.1) is 16.5 Å². The molecule has 0 spiro atoms. The molecular weight excluding hydrogens is 488 g/mol. The number of benzene rings is 4. The molecule has 5 aromatic rings. The van der Waals surface area contributed by atoms with Crippen LogP contribution in [0.3, 0.4) is 0 Å². The summed E-state index contributed by atoms with van der Waals surface area (Å²) in [5.74, 6) is 0. The van der Waals surface area contributed by atoms with Gasteiger partial charge in [0, 0.05) is 37.3 Å². The second kappa shape index (κ2) is 10.6. The molecule has 6 rings (SSSR count). The van der Waals surface area contributed by atoms with Gasteiger partial charge in [0.1, 0.15) is 5.69 Å². The summed E-state index contributed by atoms with van der Waals surface area (Å²) in [6, 6.07) is 37.5. The molecule has 0 saturated carbocycles. The molecule has 0 amide bonds. The topological polar surface area (TPSA) is 71.6 Å². The highest BCUT2D eigenvalue weighted by Gasteiger charge is 2.33. The van der Waals surface area contributed by atoms with Crippen molar-refractivity contribution in [2.75, 3.05) is 31.1 Å². The van der Waals surface area contributed by atoms with E-state index in [4.69, 9.17) is 0 Å². The molecule has 7 heteroatoms. The molecule has 0 atom stereocenters. The Hall–Kier alpha value is -4.75. The standard InChI is InChI=1S/C32H28N4O3/c37-32-31(36(38)39)30(27-18-10-11-19-28(27)35(32)26-16-8-3-9-17-26)34-22-20-33(21-23-34)29(24-12-4-1-5-13-24)25-14-6-2-7-15-25/h1-19,29H,20-23H2. The molecule has 1 aromatic heterocycles. The molecular formula is C32H28N4O3. The van der Waals surface area contributed by atoms with Crippen molar-refractivity contribution in [2.24, 2.45) is 0 Å². The molecule has 39 heavy (non-hydrogen) atoms. The minimum Gasteiger partial charge on any atom is -0.363 e. The molecule has 0 N–H and O–H groups in total. The van der Waals surface area contributed by atoms with Gasteiger partial charge in [-0.15, -0.1) is 0 Å². The Balaban J connectivity index is 1.41. The number of anilines is 1. The van der Waals surface area contributed by atoms with Crippen LogP contribution in [-0.2, 0) is 0 Å². The summed E-state index contributed by atoms with van der Waals surface area (Å²) in [6.45, 7) is 2.52. The molecule has 7 nitrogen and oxygen atoms in total. The second-order valence-corrected chi connectivity index (χ2v) is 9.69. The lowest BCUT2D eigenvalue weighted by Gasteiger charge is -2.40. The monoisotopic (exact) mass is 516 g/mol. The SMILES string of the molecule is O=c1c([N+](=O)[O-])c(N2CCN(C(c3ccccc3)c3ccccc3)CC2)c2ccccc2n1-c1ccccc1. The van der Waals surface area contributed by atoms with Crippen LogP contribution in [0.4, 0.5) is 11.4 Å². The lowest BCUT2D eigenvalue weighted by atomic mass is 9.96. The Labute approximate surface area is 226 Å². The summed E-state index contributed by atoms with van der Waals surface area (Å²) in [4.78, 5) is 30.0. The van der Waals surface area contributed by atoms with E-state index < -0.39 is 10.5 Å². The molecule has 0 unspecified atom stereocenters. The summed E-state index contributed by atoms with van der Waals surface area (Å²) in [5, 5.41) is 13.1. The van der Waals surface area contributed by atoms with Crippen molar-refractivity contribution in [2.45, 2.75) is 6.04 Å². The minimum absolute atomic E-state index is 0.0763. The first-order valence-corrected chi connectivity index (χ1v) is 13.1. The summed E-state index contributed by atoms with van der Waals surface area (Å²) < 4.78 is 1.45. The molecule has 0 aliphatic carbocycles. The van der Waals surface area contributed by atoms with Crippen LogP contribution in [0, 0.1) is 10.1 Å². The lowest BCUT2D eigenvalue weighted by molar-refractivity contribution is -0.385. The highest BCUT2D eigenvalue weighted by molar-refractivity contribution is 5.97. The van der Waals surface area contributed by atoms with Gasteiger partial charge in [-0.05, 0) is 29.3 Å². The molecule has 194 valence electrons.